The lowest BCUT2D eigenvalue weighted by Gasteiger charge is -2.13. The van der Waals surface area contributed by atoms with E-state index in [2.05, 4.69) is 4.98 Å². The van der Waals surface area contributed by atoms with Crippen LogP contribution < -0.4 is 9.47 Å². The molecule has 1 atom stereocenters. The SMILES string of the molecule is COc1ccc(-c2cncc([C@@H]3COB(O)C3)c2)c(F)c1OC. The molecule has 1 aliphatic heterocycles. The summed E-state index contributed by atoms with van der Waals surface area (Å²) < 4.78 is 30.1. The second-order valence-corrected chi connectivity index (χ2v) is 5.39. The van der Waals surface area contributed by atoms with E-state index < -0.39 is 12.9 Å². The molecule has 23 heavy (non-hydrogen) atoms. The normalized spacial score (nSPS) is 17.4. The molecule has 1 aromatic carbocycles. The first kappa shape index (κ1) is 15.8. The summed E-state index contributed by atoms with van der Waals surface area (Å²) in [5.74, 6) is -0.0330. The Morgan fingerprint density at radius 1 is 1.30 bits per heavy atom. The Hall–Kier alpha value is -2.12. The van der Waals surface area contributed by atoms with Crippen LogP contribution in [0.4, 0.5) is 4.39 Å². The second-order valence-electron chi connectivity index (χ2n) is 5.39. The highest BCUT2D eigenvalue weighted by Crippen LogP contribution is 2.37. The first-order valence-corrected chi connectivity index (χ1v) is 7.29. The van der Waals surface area contributed by atoms with Gasteiger partial charge in [0, 0.05) is 36.0 Å². The van der Waals surface area contributed by atoms with Gasteiger partial charge in [-0.05, 0) is 30.1 Å². The van der Waals surface area contributed by atoms with E-state index in [9.17, 15) is 9.41 Å². The molecule has 0 bridgehead atoms. The third-order valence-electron chi connectivity index (χ3n) is 4.00. The molecular weight excluding hydrogens is 300 g/mol. The van der Waals surface area contributed by atoms with Crippen molar-refractivity contribution in [3.05, 3.63) is 42.0 Å². The molecule has 1 fully saturated rings. The topological polar surface area (TPSA) is 60.8 Å². The number of benzene rings is 1. The van der Waals surface area contributed by atoms with Crippen molar-refractivity contribution < 1.29 is 23.5 Å². The van der Waals surface area contributed by atoms with Gasteiger partial charge in [0.15, 0.2) is 17.3 Å². The number of ether oxygens (including phenoxy) is 2. The Morgan fingerprint density at radius 2 is 2.13 bits per heavy atom. The van der Waals surface area contributed by atoms with Gasteiger partial charge in [0.25, 0.3) is 0 Å². The van der Waals surface area contributed by atoms with Crippen LogP contribution in [0.5, 0.6) is 11.5 Å². The van der Waals surface area contributed by atoms with Gasteiger partial charge < -0.3 is 19.2 Å². The van der Waals surface area contributed by atoms with Gasteiger partial charge >= 0.3 is 7.12 Å². The van der Waals surface area contributed by atoms with Crippen molar-refractivity contribution in [3.8, 4) is 22.6 Å². The van der Waals surface area contributed by atoms with E-state index in [0.717, 1.165) is 5.56 Å². The van der Waals surface area contributed by atoms with E-state index in [1.165, 1.54) is 14.2 Å². The number of pyridine rings is 1. The maximum Gasteiger partial charge on any atom is 0.454 e. The molecule has 3 rings (SSSR count). The molecule has 0 radical (unpaired) electrons. The number of rotatable bonds is 4. The van der Waals surface area contributed by atoms with Gasteiger partial charge in [0.2, 0.25) is 0 Å². The smallest absolute Gasteiger partial charge is 0.454 e. The first-order valence-electron chi connectivity index (χ1n) is 7.29. The summed E-state index contributed by atoms with van der Waals surface area (Å²) in [6, 6.07) is 5.16. The fourth-order valence-electron chi connectivity index (χ4n) is 2.78. The van der Waals surface area contributed by atoms with Crippen molar-refractivity contribution in [2.45, 2.75) is 12.2 Å². The molecule has 0 unspecified atom stereocenters. The molecule has 0 aliphatic carbocycles. The second kappa shape index (κ2) is 6.56. The number of nitrogens with zero attached hydrogens (tertiary/aromatic N) is 1. The molecule has 1 N–H and O–H groups in total. The molecule has 120 valence electrons. The molecule has 1 aliphatic rings. The summed E-state index contributed by atoms with van der Waals surface area (Å²) in [5.41, 5.74) is 1.94. The fourth-order valence-corrected chi connectivity index (χ4v) is 2.78. The third-order valence-corrected chi connectivity index (χ3v) is 4.00. The summed E-state index contributed by atoms with van der Waals surface area (Å²) in [5, 5.41) is 9.48. The first-order chi connectivity index (χ1) is 11.1. The monoisotopic (exact) mass is 317 g/mol. The van der Waals surface area contributed by atoms with Crippen LogP contribution in [0, 0.1) is 5.82 Å². The zero-order valence-corrected chi connectivity index (χ0v) is 13.0. The summed E-state index contributed by atoms with van der Waals surface area (Å²) in [6.07, 6.45) is 3.83. The number of aromatic nitrogens is 1. The van der Waals surface area contributed by atoms with E-state index >= 15 is 0 Å². The average molecular weight is 317 g/mol. The highest BCUT2D eigenvalue weighted by atomic mass is 19.1. The Balaban J connectivity index is 1.99. The van der Waals surface area contributed by atoms with Crippen LogP contribution in [-0.2, 0) is 4.65 Å². The predicted octanol–water partition coefficient (Wildman–Crippen LogP) is 2.50. The lowest BCUT2D eigenvalue weighted by atomic mass is 9.80. The molecule has 1 aromatic heterocycles. The van der Waals surface area contributed by atoms with Crippen LogP contribution in [0.2, 0.25) is 6.32 Å². The van der Waals surface area contributed by atoms with Gasteiger partial charge in [-0.25, -0.2) is 4.39 Å². The van der Waals surface area contributed by atoms with Crippen LogP contribution >= 0.6 is 0 Å². The number of methoxy groups -OCH3 is 2. The molecule has 0 saturated carbocycles. The minimum atomic E-state index is -0.749. The van der Waals surface area contributed by atoms with Crippen LogP contribution in [0.1, 0.15) is 11.5 Å². The van der Waals surface area contributed by atoms with Crippen LogP contribution in [0.15, 0.2) is 30.6 Å². The van der Waals surface area contributed by atoms with Crippen molar-refractivity contribution in [1.82, 2.24) is 4.98 Å². The van der Waals surface area contributed by atoms with Gasteiger partial charge in [-0.15, -0.1) is 0 Å². The highest BCUT2D eigenvalue weighted by Gasteiger charge is 2.30. The lowest BCUT2D eigenvalue weighted by molar-refractivity contribution is 0.292. The van der Waals surface area contributed by atoms with Crippen LogP contribution in [0.25, 0.3) is 11.1 Å². The summed E-state index contributed by atoms with van der Waals surface area (Å²) in [4.78, 5) is 4.19. The van der Waals surface area contributed by atoms with E-state index in [1.54, 1.807) is 24.5 Å². The van der Waals surface area contributed by atoms with Gasteiger partial charge in [0.05, 0.1) is 14.2 Å². The average Bonchev–Trinajstić information content (AvgIpc) is 3.01. The minimum Gasteiger partial charge on any atom is -0.493 e. The van der Waals surface area contributed by atoms with Crippen LogP contribution in [0.3, 0.4) is 0 Å². The molecular formula is C16H17BFNO4. The number of halogens is 1. The largest absolute Gasteiger partial charge is 0.493 e. The molecule has 5 nitrogen and oxygen atoms in total. The maximum atomic E-state index is 14.7. The summed E-state index contributed by atoms with van der Waals surface area (Å²) >= 11 is 0. The number of hydrogen-bond donors (Lipinski definition) is 1. The summed E-state index contributed by atoms with van der Waals surface area (Å²) in [7, 11) is 2.11. The molecule has 0 amide bonds. The molecule has 7 heteroatoms. The Kier molecular flexibility index (Phi) is 4.50. The minimum absolute atomic E-state index is 0.0562. The molecule has 1 saturated heterocycles. The molecule has 0 spiro atoms. The molecule has 2 aromatic rings. The Morgan fingerprint density at radius 3 is 2.78 bits per heavy atom. The molecule has 2 heterocycles. The zero-order chi connectivity index (χ0) is 16.4. The van der Waals surface area contributed by atoms with Crippen molar-refractivity contribution in [1.29, 1.82) is 0 Å². The van der Waals surface area contributed by atoms with Crippen molar-refractivity contribution in [3.63, 3.8) is 0 Å². The lowest BCUT2D eigenvalue weighted by Crippen LogP contribution is -2.07. The van der Waals surface area contributed by atoms with Gasteiger partial charge in [0.1, 0.15) is 0 Å². The zero-order valence-electron chi connectivity index (χ0n) is 13.0. The van der Waals surface area contributed by atoms with Crippen molar-refractivity contribution in [2.75, 3.05) is 20.8 Å². The van der Waals surface area contributed by atoms with E-state index in [4.69, 9.17) is 14.1 Å². The number of hydrogen-bond acceptors (Lipinski definition) is 5. The quantitative estimate of drug-likeness (QED) is 0.878. The van der Waals surface area contributed by atoms with E-state index in [0.29, 0.717) is 29.8 Å². The maximum absolute atomic E-state index is 14.7. The Labute approximate surface area is 134 Å². The summed E-state index contributed by atoms with van der Waals surface area (Å²) in [6.45, 7) is 0.431. The standard InChI is InChI=1S/C16H17BFNO4/c1-21-14-4-3-13(15(18)16(14)22-2)11-5-10(7-19-8-11)12-6-17(20)23-9-12/h3-5,7-8,12,20H,6,9H2,1-2H3/t12-/m0/s1. The van der Waals surface area contributed by atoms with E-state index in [1.807, 2.05) is 6.07 Å². The van der Waals surface area contributed by atoms with Gasteiger partial charge in [-0.2, -0.15) is 0 Å². The van der Waals surface area contributed by atoms with Crippen molar-refractivity contribution in [2.24, 2.45) is 0 Å². The third kappa shape index (κ3) is 3.02. The fraction of sp³-hybridized carbons (Fsp3) is 0.312. The Bertz CT molecular complexity index is 712. The highest BCUT2D eigenvalue weighted by molar-refractivity contribution is 6.43. The van der Waals surface area contributed by atoms with Gasteiger partial charge in [-0.3, -0.25) is 4.98 Å². The van der Waals surface area contributed by atoms with E-state index in [-0.39, 0.29) is 11.7 Å². The van der Waals surface area contributed by atoms with Crippen LogP contribution in [-0.4, -0.2) is 38.0 Å². The predicted molar refractivity (Wildman–Crippen MR) is 84.2 cm³/mol. The van der Waals surface area contributed by atoms with Crippen molar-refractivity contribution >= 4 is 7.12 Å². The van der Waals surface area contributed by atoms with Gasteiger partial charge in [-0.1, -0.05) is 0 Å².